The van der Waals surface area contributed by atoms with Crippen LogP contribution in [0.3, 0.4) is 0 Å². The zero-order chi connectivity index (χ0) is 14.7. The van der Waals surface area contributed by atoms with E-state index < -0.39 is 0 Å². The maximum Gasteiger partial charge on any atom is 0.138 e. The Labute approximate surface area is 121 Å². The molecular formula is C17H25NO2. The Morgan fingerprint density at radius 2 is 1.95 bits per heavy atom. The number of methoxy groups -OCH3 is 1. The van der Waals surface area contributed by atoms with Gasteiger partial charge in [0.05, 0.1) is 13.2 Å². The van der Waals surface area contributed by atoms with Gasteiger partial charge in [-0.15, -0.1) is 0 Å². The molecule has 2 aromatic rings. The van der Waals surface area contributed by atoms with Gasteiger partial charge in [-0.3, -0.25) is 0 Å². The Bertz CT molecular complexity index is 599. The van der Waals surface area contributed by atoms with Crippen LogP contribution in [-0.2, 0) is 17.9 Å². The molecule has 0 saturated carbocycles. The van der Waals surface area contributed by atoms with Crippen LogP contribution in [0.25, 0.3) is 11.0 Å². The molecule has 20 heavy (non-hydrogen) atoms. The first kappa shape index (κ1) is 15.1. The normalized spacial score (nSPS) is 11.4. The van der Waals surface area contributed by atoms with Gasteiger partial charge in [-0.1, -0.05) is 13.0 Å². The summed E-state index contributed by atoms with van der Waals surface area (Å²) in [6.07, 6.45) is 1.12. The Morgan fingerprint density at radius 3 is 2.60 bits per heavy atom. The Hall–Kier alpha value is -1.32. The number of fused-ring (bicyclic) bond motifs is 1. The Morgan fingerprint density at radius 1 is 1.20 bits per heavy atom. The van der Waals surface area contributed by atoms with Gasteiger partial charge in [-0.25, -0.2) is 0 Å². The summed E-state index contributed by atoms with van der Waals surface area (Å²) in [5.74, 6) is 1.01. The standard InChI is InChI=1S/C17H25NO2/c1-6-7-18-9-15-14(10-19-5)16-12(3)8-11(2)13(4)17(16)20-15/h8,18H,6-7,9-10H2,1-5H3. The van der Waals surface area contributed by atoms with Crippen LogP contribution >= 0.6 is 0 Å². The van der Waals surface area contributed by atoms with Gasteiger partial charge < -0.3 is 14.5 Å². The van der Waals surface area contributed by atoms with Crippen molar-refractivity contribution in [3.63, 3.8) is 0 Å². The number of ether oxygens (including phenoxy) is 1. The van der Waals surface area contributed by atoms with Crippen molar-refractivity contribution < 1.29 is 9.15 Å². The molecule has 0 unspecified atom stereocenters. The van der Waals surface area contributed by atoms with Gasteiger partial charge in [-0.05, 0) is 50.4 Å². The van der Waals surface area contributed by atoms with Crippen molar-refractivity contribution in [2.75, 3.05) is 13.7 Å². The second-order valence-corrected chi connectivity index (χ2v) is 5.45. The molecule has 1 N–H and O–H groups in total. The van der Waals surface area contributed by atoms with Crippen LogP contribution in [0.2, 0.25) is 0 Å². The molecule has 0 aliphatic rings. The minimum atomic E-state index is 0.597. The highest BCUT2D eigenvalue weighted by Crippen LogP contribution is 2.33. The summed E-state index contributed by atoms with van der Waals surface area (Å²) in [4.78, 5) is 0. The van der Waals surface area contributed by atoms with Crippen LogP contribution in [0, 0.1) is 20.8 Å². The zero-order valence-corrected chi connectivity index (χ0v) is 13.2. The van der Waals surface area contributed by atoms with Crippen LogP contribution in [-0.4, -0.2) is 13.7 Å². The maximum atomic E-state index is 6.15. The molecule has 0 spiro atoms. The lowest BCUT2D eigenvalue weighted by molar-refractivity contribution is 0.183. The molecule has 0 fully saturated rings. The number of hydrogen-bond acceptors (Lipinski definition) is 3. The molecule has 0 aliphatic carbocycles. The van der Waals surface area contributed by atoms with Gasteiger partial charge in [0, 0.05) is 18.1 Å². The zero-order valence-electron chi connectivity index (χ0n) is 13.2. The predicted octanol–water partition coefficient (Wildman–Crippen LogP) is 4.00. The summed E-state index contributed by atoms with van der Waals surface area (Å²) >= 11 is 0. The van der Waals surface area contributed by atoms with Crippen LogP contribution in [0.4, 0.5) is 0 Å². The first-order valence-corrected chi connectivity index (χ1v) is 7.30. The first-order valence-electron chi connectivity index (χ1n) is 7.30. The quantitative estimate of drug-likeness (QED) is 0.809. The lowest BCUT2D eigenvalue weighted by atomic mass is 9.99. The third-order valence-electron chi connectivity index (χ3n) is 3.85. The van der Waals surface area contributed by atoms with Crippen molar-refractivity contribution in [1.29, 1.82) is 0 Å². The summed E-state index contributed by atoms with van der Waals surface area (Å²) in [5.41, 5.74) is 5.97. The van der Waals surface area contributed by atoms with E-state index in [1.165, 1.54) is 27.6 Å². The second-order valence-electron chi connectivity index (χ2n) is 5.45. The fourth-order valence-electron chi connectivity index (χ4n) is 2.70. The Balaban J connectivity index is 2.54. The van der Waals surface area contributed by atoms with Gasteiger partial charge in [0.25, 0.3) is 0 Å². The number of aryl methyl sites for hydroxylation is 3. The monoisotopic (exact) mass is 275 g/mol. The SMILES string of the molecule is CCCNCc1oc2c(C)c(C)cc(C)c2c1COC. The van der Waals surface area contributed by atoms with Gasteiger partial charge in [0.1, 0.15) is 11.3 Å². The van der Waals surface area contributed by atoms with Crippen molar-refractivity contribution in [3.8, 4) is 0 Å². The minimum absolute atomic E-state index is 0.597. The highest BCUT2D eigenvalue weighted by atomic mass is 16.5. The van der Waals surface area contributed by atoms with Crippen LogP contribution in [0.1, 0.15) is 41.4 Å². The predicted molar refractivity (Wildman–Crippen MR) is 83.1 cm³/mol. The summed E-state index contributed by atoms with van der Waals surface area (Å²) in [6.45, 7) is 10.9. The molecule has 1 aromatic heterocycles. The molecule has 0 radical (unpaired) electrons. The molecule has 0 saturated heterocycles. The van der Waals surface area contributed by atoms with E-state index in [2.05, 4.69) is 39.1 Å². The van der Waals surface area contributed by atoms with Crippen molar-refractivity contribution >= 4 is 11.0 Å². The van der Waals surface area contributed by atoms with E-state index in [9.17, 15) is 0 Å². The van der Waals surface area contributed by atoms with Crippen LogP contribution < -0.4 is 5.32 Å². The van der Waals surface area contributed by atoms with Crippen LogP contribution in [0.15, 0.2) is 10.5 Å². The largest absolute Gasteiger partial charge is 0.459 e. The summed E-state index contributed by atoms with van der Waals surface area (Å²) in [5, 5.41) is 4.64. The number of nitrogens with one attached hydrogen (secondary N) is 1. The van der Waals surface area contributed by atoms with E-state index in [0.717, 1.165) is 30.9 Å². The lowest BCUT2D eigenvalue weighted by Gasteiger charge is -2.06. The summed E-state index contributed by atoms with van der Waals surface area (Å²) in [7, 11) is 1.73. The molecule has 3 nitrogen and oxygen atoms in total. The molecule has 1 heterocycles. The summed E-state index contributed by atoms with van der Waals surface area (Å²) in [6, 6.07) is 2.23. The van der Waals surface area contributed by atoms with Crippen molar-refractivity contribution in [2.45, 2.75) is 47.3 Å². The number of furan rings is 1. The fraction of sp³-hybridized carbons (Fsp3) is 0.529. The van der Waals surface area contributed by atoms with Gasteiger partial charge in [0.15, 0.2) is 0 Å². The number of benzene rings is 1. The van der Waals surface area contributed by atoms with Gasteiger partial charge in [-0.2, -0.15) is 0 Å². The van der Waals surface area contributed by atoms with Crippen molar-refractivity contribution in [1.82, 2.24) is 5.32 Å². The topological polar surface area (TPSA) is 34.4 Å². The van der Waals surface area contributed by atoms with Crippen LogP contribution in [0.5, 0.6) is 0 Å². The van der Waals surface area contributed by atoms with Gasteiger partial charge in [0.2, 0.25) is 0 Å². The third kappa shape index (κ3) is 2.74. The van der Waals surface area contributed by atoms with E-state index >= 15 is 0 Å². The molecule has 0 aliphatic heterocycles. The molecule has 110 valence electrons. The average Bonchev–Trinajstić information content (AvgIpc) is 2.77. The van der Waals surface area contributed by atoms with E-state index in [1.807, 2.05) is 0 Å². The molecular weight excluding hydrogens is 250 g/mol. The first-order chi connectivity index (χ1) is 9.60. The molecule has 0 amide bonds. The summed E-state index contributed by atoms with van der Waals surface area (Å²) < 4.78 is 11.5. The lowest BCUT2D eigenvalue weighted by Crippen LogP contribution is -2.14. The second kappa shape index (κ2) is 6.42. The molecule has 3 heteroatoms. The fourth-order valence-corrected chi connectivity index (χ4v) is 2.70. The molecule has 0 atom stereocenters. The number of rotatable bonds is 6. The van der Waals surface area contributed by atoms with Crippen molar-refractivity contribution in [2.24, 2.45) is 0 Å². The number of hydrogen-bond donors (Lipinski definition) is 1. The average molecular weight is 275 g/mol. The van der Waals surface area contributed by atoms with E-state index in [4.69, 9.17) is 9.15 Å². The van der Waals surface area contributed by atoms with E-state index in [0.29, 0.717) is 6.61 Å². The molecule has 2 rings (SSSR count). The highest BCUT2D eigenvalue weighted by Gasteiger charge is 2.18. The smallest absolute Gasteiger partial charge is 0.138 e. The molecule has 0 bridgehead atoms. The van der Waals surface area contributed by atoms with Gasteiger partial charge >= 0.3 is 0 Å². The van der Waals surface area contributed by atoms with Crippen molar-refractivity contribution in [3.05, 3.63) is 34.1 Å². The maximum absolute atomic E-state index is 6.15. The molecule has 1 aromatic carbocycles. The minimum Gasteiger partial charge on any atom is -0.459 e. The van der Waals surface area contributed by atoms with E-state index in [1.54, 1.807) is 7.11 Å². The van der Waals surface area contributed by atoms with E-state index in [-0.39, 0.29) is 0 Å². The highest BCUT2D eigenvalue weighted by molar-refractivity contribution is 5.89. The Kier molecular flexibility index (Phi) is 4.84. The third-order valence-corrected chi connectivity index (χ3v) is 3.85.